The number of hydrogen-bond acceptors (Lipinski definition) is 2. The molecule has 0 saturated carbocycles. The van der Waals surface area contributed by atoms with Crippen LogP contribution in [0.3, 0.4) is 0 Å². The van der Waals surface area contributed by atoms with Crippen molar-refractivity contribution < 1.29 is 0 Å². The van der Waals surface area contributed by atoms with Crippen molar-refractivity contribution >= 4 is 34.8 Å². The van der Waals surface area contributed by atoms with Crippen molar-refractivity contribution in [3.05, 3.63) is 45.2 Å². The number of halogens is 3. The summed E-state index contributed by atoms with van der Waals surface area (Å²) in [6.07, 6.45) is 1.85. The van der Waals surface area contributed by atoms with Crippen LogP contribution in [0.1, 0.15) is 19.0 Å². The fraction of sp³-hybridized carbons (Fsp3) is 0.231. The smallest absolute Gasteiger partial charge is 0.162 e. The largest absolute Gasteiger partial charge is 0.233 e. The molecule has 5 heteroatoms. The summed E-state index contributed by atoms with van der Waals surface area (Å²) in [5.74, 6) is 0.512. The molecule has 0 aliphatic carbocycles. The molecule has 0 unspecified atom stereocenters. The third-order valence-corrected chi connectivity index (χ3v) is 3.18. The molecule has 2 nitrogen and oxygen atoms in total. The minimum atomic E-state index is 0.416. The Bertz CT molecular complexity index is 570. The third-order valence-electron chi connectivity index (χ3n) is 2.42. The Hall–Kier alpha value is -0.830. The second-order valence-corrected chi connectivity index (χ2v) is 5.11. The maximum absolute atomic E-state index is 6.13. The normalized spacial score (nSPS) is 10.7. The quantitative estimate of drug-likeness (QED) is 0.741. The van der Waals surface area contributed by atoms with Gasteiger partial charge in [0.15, 0.2) is 5.82 Å². The minimum Gasteiger partial charge on any atom is -0.233 e. The highest BCUT2D eigenvalue weighted by Gasteiger charge is 2.10. The van der Waals surface area contributed by atoms with Gasteiger partial charge >= 0.3 is 0 Å². The zero-order valence-corrected chi connectivity index (χ0v) is 12.0. The first kappa shape index (κ1) is 13.6. The van der Waals surface area contributed by atoms with Gasteiger partial charge in [-0.25, -0.2) is 9.97 Å². The summed E-state index contributed by atoms with van der Waals surface area (Å²) in [6.45, 7) is 2.09. The molecule has 0 amide bonds. The molecule has 0 radical (unpaired) electrons. The van der Waals surface area contributed by atoms with Gasteiger partial charge in [-0.2, -0.15) is 0 Å². The first-order valence-electron chi connectivity index (χ1n) is 5.59. The van der Waals surface area contributed by atoms with E-state index in [0.717, 1.165) is 18.5 Å². The standard InChI is InChI=1S/C13H11Cl3N2/c1-2-3-9-7-12(16)18-13(17-9)10-6-8(14)4-5-11(10)15/h4-7H,2-3H2,1H3. The highest BCUT2D eigenvalue weighted by Crippen LogP contribution is 2.29. The second-order valence-electron chi connectivity index (χ2n) is 3.88. The fourth-order valence-electron chi connectivity index (χ4n) is 1.64. The van der Waals surface area contributed by atoms with E-state index < -0.39 is 0 Å². The molecule has 0 fully saturated rings. The Kier molecular flexibility index (Phi) is 4.44. The van der Waals surface area contributed by atoms with E-state index in [1.807, 2.05) is 0 Å². The van der Waals surface area contributed by atoms with Gasteiger partial charge in [0.05, 0.1) is 5.02 Å². The van der Waals surface area contributed by atoms with E-state index in [1.54, 1.807) is 24.3 Å². The predicted molar refractivity (Wildman–Crippen MR) is 76.5 cm³/mol. The Morgan fingerprint density at radius 1 is 1.06 bits per heavy atom. The summed E-state index contributed by atoms with van der Waals surface area (Å²) in [4.78, 5) is 8.66. The summed E-state index contributed by atoms with van der Waals surface area (Å²) in [7, 11) is 0. The lowest BCUT2D eigenvalue weighted by molar-refractivity contribution is 0.875. The van der Waals surface area contributed by atoms with Gasteiger partial charge in [-0.3, -0.25) is 0 Å². The van der Waals surface area contributed by atoms with E-state index in [2.05, 4.69) is 16.9 Å². The number of benzene rings is 1. The lowest BCUT2D eigenvalue weighted by Crippen LogP contribution is -1.96. The third kappa shape index (κ3) is 3.14. The van der Waals surface area contributed by atoms with E-state index in [9.17, 15) is 0 Å². The van der Waals surface area contributed by atoms with E-state index in [4.69, 9.17) is 34.8 Å². The summed E-state index contributed by atoms with van der Waals surface area (Å²) >= 11 is 18.1. The molecule has 0 saturated heterocycles. The summed E-state index contributed by atoms with van der Waals surface area (Å²) in [6, 6.07) is 6.96. The topological polar surface area (TPSA) is 25.8 Å². The second kappa shape index (κ2) is 5.87. The zero-order valence-electron chi connectivity index (χ0n) is 9.75. The van der Waals surface area contributed by atoms with E-state index in [0.29, 0.717) is 26.6 Å². The number of aryl methyl sites for hydroxylation is 1. The molecular formula is C13H11Cl3N2. The van der Waals surface area contributed by atoms with E-state index in [-0.39, 0.29) is 0 Å². The number of aromatic nitrogens is 2. The fourth-order valence-corrected chi connectivity index (χ4v) is 2.22. The van der Waals surface area contributed by atoms with E-state index >= 15 is 0 Å². The van der Waals surface area contributed by atoms with Crippen LogP contribution in [0.4, 0.5) is 0 Å². The Labute approximate surface area is 121 Å². The first-order chi connectivity index (χ1) is 8.60. The van der Waals surface area contributed by atoms with Crippen LogP contribution >= 0.6 is 34.8 Å². The van der Waals surface area contributed by atoms with E-state index in [1.165, 1.54) is 0 Å². The monoisotopic (exact) mass is 300 g/mol. The number of nitrogens with zero attached hydrogens (tertiary/aromatic N) is 2. The van der Waals surface area contributed by atoms with Crippen molar-refractivity contribution in [2.24, 2.45) is 0 Å². The van der Waals surface area contributed by atoms with Gasteiger partial charge in [0.2, 0.25) is 0 Å². The molecular weight excluding hydrogens is 291 g/mol. The summed E-state index contributed by atoms with van der Waals surface area (Å²) < 4.78 is 0. The van der Waals surface area contributed by atoms with Crippen molar-refractivity contribution in [2.45, 2.75) is 19.8 Å². The molecule has 0 N–H and O–H groups in total. The molecule has 0 atom stereocenters. The van der Waals surface area contributed by atoms with Gasteiger partial charge in [-0.15, -0.1) is 0 Å². The van der Waals surface area contributed by atoms with Crippen LogP contribution in [0.2, 0.25) is 15.2 Å². The van der Waals surface area contributed by atoms with Crippen LogP contribution < -0.4 is 0 Å². The molecule has 18 heavy (non-hydrogen) atoms. The molecule has 0 aliphatic heterocycles. The van der Waals surface area contributed by atoms with Gasteiger partial charge in [-0.05, 0) is 30.7 Å². The average Bonchev–Trinajstić information content (AvgIpc) is 2.32. The Morgan fingerprint density at radius 3 is 2.56 bits per heavy atom. The van der Waals surface area contributed by atoms with Crippen LogP contribution in [0.5, 0.6) is 0 Å². The van der Waals surface area contributed by atoms with Gasteiger partial charge in [0.25, 0.3) is 0 Å². The highest BCUT2D eigenvalue weighted by molar-refractivity contribution is 6.35. The maximum Gasteiger partial charge on any atom is 0.162 e. The molecule has 0 spiro atoms. The van der Waals surface area contributed by atoms with Crippen molar-refractivity contribution in [3.63, 3.8) is 0 Å². The van der Waals surface area contributed by atoms with Gasteiger partial charge < -0.3 is 0 Å². The molecule has 1 aromatic carbocycles. The summed E-state index contributed by atoms with van der Waals surface area (Å²) in [5, 5.41) is 1.57. The SMILES string of the molecule is CCCc1cc(Cl)nc(-c2cc(Cl)ccc2Cl)n1. The van der Waals surface area contributed by atoms with Crippen molar-refractivity contribution in [2.75, 3.05) is 0 Å². The molecule has 1 aromatic heterocycles. The molecule has 94 valence electrons. The van der Waals surface area contributed by atoms with Crippen molar-refractivity contribution in [1.82, 2.24) is 9.97 Å². The zero-order chi connectivity index (χ0) is 13.1. The van der Waals surface area contributed by atoms with Crippen molar-refractivity contribution in [3.8, 4) is 11.4 Å². The van der Waals surface area contributed by atoms with Crippen LogP contribution in [-0.4, -0.2) is 9.97 Å². The van der Waals surface area contributed by atoms with Crippen LogP contribution in [0.25, 0.3) is 11.4 Å². The molecule has 0 aliphatic rings. The number of hydrogen-bond donors (Lipinski definition) is 0. The van der Waals surface area contributed by atoms with Crippen LogP contribution in [-0.2, 0) is 6.42 Å². The maximum atomic E-state index is 6.13. The highest BCUT2D eigenvalue weighted by atomic mass is 35.5. The molecule has 1 heterocycles. The lowest BCUT2D eigenvalue weighted by atomic mass is 10.2. The lowest BCUT2D eigenvalue weighted by Gasteiger charge is -2.06. The molecule has 2 aromatic rings. The van der Waals surface area contributed by atoms with Gasteiger partial charge in [0.1, 0.15) is 5.15 Å². The van der Waals surface area contributed by atoms with Crippen LogP contribution in [0.15, 0.2) is 24.3 Å². The average molecular weight is 302 g/mol. The Morgan fingerprint density at radius 2 is 1.83 bits per heavy atom. The Balaban J connectivity index is 2.52. The minimum absolute atomic E-state index is 0.416. The molecule has 2 rings (SSSR count). The van der Waals surface area contributed by atoms with Gasteiger partial charge in [-0.1, -0.05) is 48.1 Å². The summed E-state index contributed by atoms with van der Waals surface area (Å²) in [5.41, 5.74) is 1.60. The van der Waals surface area contributed by atoms with Crippen molar-refractivity contribution in [1.29, 1.82) is 0 Å². The first-order valence-corrected chi connectivity index (χ1v) is 6.72. The van der Waals surface area contributed by atoms with Gasteiger partial charge in [0, 0.05) is 16.3 Å². The number of rotatable bonds is 3. The molecule has 0 bridgehead atoms. The van der Waals surface area contributed by atoms with Crippen LogP contribution in [0, 0.1) is 0 Å². The predicted octanol–water partition coefficient (Wildman–Crippen LogP) is 5.06.